The van der Waals surface area contributed by atoms with E-state index in [-0.39, 0.29) is 18.1 Å². The smallest absolute Gasteiger partial charge is 0.239 e. The molecule has 0 aromatic carbocycles. The minimum absolute atomic E-state index is 0.105. The fraction of sp³-hybridized carbons (Fsp3) is 0.929. The van der Waals surface area contributed by atoms with Crippen LogP contribution in [0.25, 0.3) is 0 Å². The quantitative estimate of drug-likeness (QED) is 0.757. The molecule has 0 saturated carbocycles. The highest BCUT2D eigenvalue weighted by atomic mass is 16.5. The SMILES string of the molecule is CCCC[C@H](N)C(=O)N1CCCC(OCCC)C1. The van der Waals surface area contributed by atoms with Crippen molar-refractivity contribution >= 4 is 5.91 Å². The van der Waals surface area contributed by atoms with Crippen LogP contribution in [-0.4, -0.2) is 42.6 Å². The molecule has 1 rings (SSSR count). The number of likely N-dealkylation sites (tertiary alicyclic amines) is 1. The molecule has 0 bridgehead atoms. The van der Waals surface area contributed by atoms with Crippen molar-refractivity contribution in [2.24, 2.45) is 5.73 Å². The van der Waals surface area contributed by atoms with Gasteiger partial charge in [0.2, 0.25) is 5.91 Å². The molecule has 18 heavy (non-hydrogen) atoms. The fourth-order valence-electron chi connectivity index (χ4n) is 2.34. The van der Waals surface area contributed by atoms with Crippen LogP contribution in [0, 0.1) is 0 Å². The molecular formula is C14H28N2O2. The highest BCUT2D eigenvalue weighted by molar-refractivity contribution is 5.81. The van der Waals surface area contributed by atoms with Crippen LogP contribution in [-0.2, 0) is 9.53 Å². The highest BCUT2D eigenvalue weighted by Gasteiger charge is 2.26. The third kappa shape index (κ3) is 4.94. The molecule has 2 N–H and O–H groups in total. The molecule has 4 nitrogen and oxygen atoms in total. The molecule has 1 heterocycles. The summed E-state index contributed by atoms with van der Waals surface area (Å²) in [5, 5.41) is 0. The van der Waals surface area contributed by atoms with Gasteiger partial charge in [0, 0.05) is 19.7 Å². The highest BCUT2D eigenvalue weighted by Crippen LogP contribution is 2.15. The van der Waals surface area contributed by atoms with Gasteiger partial charge in [0.25, 0.3) is 0 Å². The summed E-state index contributed by atoms with van der Waals surface area (Å²) in [5.41, 5.74) is 5.95. The van der Waals surface area contributed by atoms with E-state index in [1.54, 1.807) is 0 Å². The van der Waals surface area contributed by atoms with E-state index in [0.29, 0.717) is 0 Å². The van der Waals surface area contributed by atoms with Crippen LogP contribution in [0.2, 0.25) is 0 Å². The molecule has 1 saturated heterocycles. The maximum absolute atomic E-state index is 12.2. The Morgan fingerprint density at radius 1 is 1.44 bits per heavy atom. The van der Waals surface area contributed by atoms with Gasteiger partial charge in [-0.3, -0.25) is 4.79 Å². The van der Waals surface area contributed by atoms with Gasteiger partial charge in [-0.25, -0.2) is 0 Å². The Bertz CT molecular complexity index is 246. The summed E-state index contributed by atoms with van der Waals surface area (Å²) >= 11 is 0. The molecule has 0 spiro atoms. The van der Waals surface area contributed by atoms with Gasteiger partial charge in [0.15, 0.2) is 0 Å². The van der Waals surface area contributed by atoms with E-state index in [4.69, 9.17) is 10.5 Å². The Labute approximate surface area is 111 Å². The molecule has 2 atom stereocenters. The lowest BCUT2D eigenvalue weighted by molar-refractivity contribution is -0.136. The Hall–Kier alpha value is -0.610. The van der Waals surface area contributed by atoms with Crippen LogP contribution >= 0.6 is 0 Å². The maximum Gasteiger partial charge on any atom is 0.239 e. The van der Waals surface area contributed by atoms with Crippen LogP contribution in [0.15, 0.2) is 0 Å². The number of nitrogens with zero attached hydrogens (tertiary/aromatic N) is 1. The third-order valence-electron chi connectivity index (χ3n) is 3.43. The van der Waals surface area contributed by atoms with Crippen LogP contribution < -0.4 is 5.73 Å². The number of nitrogens with two attached hydrogens (primary N) is 1. The van der Waals surface area contributed by atoms with E-state index < -0.39 is 0 Å². The number of piperidine rings is 1. The standard InChI is InChI=1S/C14H28N2O2/c1-3-5-8-13(15)14(17)16-9-6-7-12(11-16)18-10-4-2/h12-13H,3-11,15H2,1-2H3/t12?,13-/m0/s1. The summed E-state index contributed by atoms with van der Waals surface area (Å²) in [4.78, 5) is 14.1. The zero-order valence-electron chi connectivity index (χ0n) is 11.9. The van der Waals surface area contributed by atoms with Crippen molar-refractivity contribution in [3.8, 4) is 0 Å². The molecule has 1 fully saturated rings. The number of unbranched alkanes of at least 4 members (excludes halogenated alkanes) is 1. The molecule has 0 aliphatic carbocycles. The average Bonchev–Trinajstić information content (AvgIpc) is 2.42. The van der Waals surface area contributed by atoms with Crippen molar-refractivity contribution in [3.05, 3.63) is 0 Å². The van der Waals surface area contributed by atoms with Gasteiger partial charge < -0.3 is 15.4 Å². The topological polar surface area (TPSA) is 55.6 Å². The monoisotopic (exact) mass is 256 g/mol. The molecular weight excluding hydrogens is 228 g/mol. The molecule has 0 aromatic heterocycles. The minimum atomic E-state index is -0.324. The number of ether oxygens (including phenoxy) is 1. The Kier molecular flexibility index (Phi) is 7.28. The van der Waals surface area contributed by atoms with Gasteiger partial charge >= 0.3 is 0 Å². The van der Waals surface area contributed by atoms with Gasteiger partial charge in [-0.15, -0.1) is 0 Å². The first-order chi connectivity index (χ1) is 8.69. The second-order valence-corrected chi connectivity index (χ2v) is 5.17. The van der Waals surface area contributed by atoms with Crippen molar-refractivity contribution in [2.75, 3.05) is 19.7 Å². The van der Waals surface area contributed by atoms with Gasteiger partial charge in [0.05, 0.1) is 12.1 Å². The van der Waals surface area contributed by atoms with Crippen molar-refractivity contribution < 1.29 is 9.53 Å². The molecule has 1 unspecified atom stereocenters. The summed E-state index contributed by atoms with van der Waals surface area (Å²) in [6, 6.07) is -0.324. The first kappa shape index (κ1) is 15.4. The molecule has 1 aliphatic heterocycles. The number of carbonyl (C=O) groups excluding carboxylic acids is 1. The second-order valence-electron chi connectivity index (χ2n) is 5.17. The van der Waals surface area contributed by atoms with E-state index in [0.717, 1.165) is 58.2 Å². The van der Waals surface area contributed by atoms with E-state index in [2.05, 4.69) is 13.8 Å². The van der Waals surface area contributed by atoms with Gasteiger partial charge in [-0.2, -0.15) is 0 Å². The van der Waals surface area contributed by atoms with Crippen molar-refractivity contribution in [1.82, 2.24) is 4.90 Å². The number of hydrogen-bond donors (Lipinski definition) is 1. The summed E-state index contributed by atoms with van der Waals surface area (Å²) in [7, 11) is 0. The Morgan fingerprint density at radius 3 is 2.89 bits per heavy atom. The molecule has 0 aromatic rings. The van der Waals surface area contributed by atoms with E-state index >= 15 is 0 Å². The lowest BCUT2D eigenvalue weighted by Gasteiger charge is -2.34. The van der Waals surface area contributed by atoms with Crippen LogP contribution in [0.5, 0.6) is 0 Å². The summed E-state index contributed by atoms with van der Waals surface area (Å²) < 4.78 is 5.74. The number of hydrogen-bond acceptors (Lipinski definition) is 3. The van der Waals surface area contributed by atoms with Gasteiger partial charge in [-0.05, 0) is 25.7 Å². The van der Waals surface area contributed by atoms with E-state index in [1.165, 1.54) is 0 Å². The van der Waals surface area contributed by atoms with Gasteiger partial charge in [-0.1, -0.05) is 26.7 Å². The lowest BCUT2D eigenvalue weighted by Crippen LogP contribution is -2.49. The van der Waals surface area contributed by atoms with Crippen molar-refractivity contribution in [2.45, 2.75) is 64.5 Å². The summed E-state index contributed by atoms with van der Waals surface area (Å²) in [6.07, 6.45) is 6.24. The van der Waals surface area contributed by atoms with Crippen molar-refractivity contribution in [1.29, 1.82) is 0 Å². The Morgan fingerprint density at radius 2 is 2.22 bits per heavy atom. The molecule has 106 valence electrons. The Balaban J connectivity index is 2.37. The largest absolute Gasteiger partial charge is 0.376 e. The maximum atomic E-state index is 12.2. The molecule has 1 aliphatic rings. The van der Waals surface area contributed by atoms with E-state index in [1.807, 2.05) is 4.90 Å². The zero-order chi connectivity index (χ0) is 13.4. The first-order valence-corrected chi connectivity index (χ1v) is 7.35. The van der Waals surface area contributed by atoms with Crippen LogP contribution in [0.1, 0.15) is 52.4 Å². The normalized spacial score (nSPS) is 21.9. The zero-order valence-corrected chi connectivity index (χ0v) is 11.9. The van der Waals surface area contributed by atoms with Gasteiger partial charge in [0.1, 0.15) is 0 Å². The van der Waals surface area contributed by atoms with E-state index in [9.17, 15) is 4.79 Å². The minimum Gasteiger partial charge on any atom is -0.376 e. The molecule has 1 amide bonds. The first-order valence-electron chi connectivity index (χ1n) is 7.35. The van der Waals surface area contributed by atoms with Crippen LogP contribution in [0.4, 0.5) is 0 Å². The molecule has 0 radical (unpaired) electrons. The van der Waals surface area contributed by atoms with Crippen LogP contribution in [0.3, 0.4) is 0 Å². The predicted octanol–water partition coefficient (Wildman–Crippen LogP) is 1.92. The van der Waals surface area contributed by atoms with Crippen molar-refractivity contribution in [3.63, 3.8) is 0 Å². The fourth-order valence-corrected chi connectivity index (χ4v) is 2.34. The summed E-state index contributed by atoms with van der Waals surface area (Å²) in [5.74, 6) is 0.105. The second kappa shape index (κ2) is 8.48. The number of rotatable bonds is 7. The average molecular weight is 256 g/mol. The number of carbonyl (C=O) groups is 1. The number of amides is 1. The lowest BCUT2D eigenvalue weighted by atomic mass is 10.0. The summed E-state index contributed by atoms with van der Waals surface area (Å²) in [6.45, 7) is 6.57. The predicted molar refractivity (Wildman–Crippen MR) is 73.3 cm³/mol. The third-order valence-corrected chi connectivity index (χ3v) is 3.43. The molecule has 4 heteroatoms.